The molecule has 0 unspecified atom stereocenters. The minimum Gasteiger partial charge on any atom is -0.337 e. The van der Waals surface area contributed by atoms with Crippen molar-refractivity contribution in [2.45, 2.75) is 65.8 Å². The SMILES string of the molecule is CS(=O)(=O)N1CCC(C(=O)N2CC[C@]3(S(=O)(=O)c4ccccc4)c4ccc(C(F)(C(F)(F)F)C(F)(F)F)cc4CC[C@H]23)CC1. The van der Waals surface area contributed by atoms with E-state index >= 15 is 0 Å². The molecule has 3 aliphatic rings. The number of aryl methyl sites for hydroxylation is 1. The fourth-order valence-electron chi connectivity index (χ4n) is 6.97. The van der Waals surface area contributed by atoms with Gasteiger partial charge in [0.15, 0.2) is 9.84 Å². The van der Waals surface area contributed by atoms with Gasteiger partial charge in [0.05, 0.1) is 17.2 Å². The Morgan fingerprint density at radius 1 is 0.841 bits per heavy atom. The van der Waals surface area contributed by atoms with Crippen molar-refractivity contribution in [3.8, 4) is 0 Å². The van der Waals surface area contributed by atoms with Crippen molar-refractivity contribution in [3.63, 3.8) is 0 Å². The van der Waals surface area contributed by atoms with Crippen LogP contribution < -0.4 is 0 Å². The lowest BCUT2D eigenvalue weighted by molar-refractivity contribution is -0.348. The van der Waals surface area contributed by atoms with E-state index in [0.717, 1.165) is 12.3 Å². The molecule has 0 radical (unpaired) electrons. The summed E-state index contributed by atoms with van der Waals surface area (Å²) in [5.74, 6) is -1.01. The quantitative estimate of drug-likeness (QED) is 0.424. The molecule has 1 amide bonds. The fourth-order valence-corrected chi connectivity index (χ4v) is 10.2. The molecule has 2 saturated heterocycles. The second-order valence-electron chi connectivity index (χ2n) is 11.5. The van der Waals surface area contributed by atoms with Gasteiger partial charge in [-0.1, -0.05) is 36.4 Å². The van der Waals surface area contributed by atoms with Gasteiger partial charge in [-0.05, 0) is 55.4 Å². The van der Waals surface area contributed by atoms with Crippen LogP contribution in [-0.2, 0) is 41.5 Å². The highest BCUT2D eigenvalue weighted by Gasteiger charge is 2.74. The lowest BCUT2D eigenvalue weighted by atomic mass is 9.76. The van der Waals surface area contributed by atoms with Crippen molar-refractivity contribution in [1.29, 1.82) is 0 Å². The number of sulfone groups is 1. The first-order valence-electron chi connectivity index (χ1n) is 13.8. The van der Waals surface area contributed by atoms with E-state index in [-0.39, 0.29) is 67.8 Å². The summed E-state index contributed by atoms with van der Waals surface area (Å²) >= 11 is 0. The zero-order chi connectivity index (χ0) is 32.5. The second kappa shape index (κ2) is 10.7. The molecule has 2 aliphatic heterocycles. The van der Waals surface area contributed by atoms with E-state index < -0.39 is 66.1 Å². The first kappa shape index (κ1) is 32.7. The molecule has 2 aromatic carbocycles. The molecule has 0 aromatic heterocycles. The molecular weight excluding hydrogens is 641 g/mol. The number of sulfonamides is 1. The Kier molecular flexibility index (Phi) is 7.93. The zero-order valence-electron chi connectivity index (χ0n) is 23.3. The topological polar surface area (TPSA) is 91.8 Å². The van der Waals surface area contributed by atoms with Crippen LogP contribution in [0.15, 0.2) is 53.4 Å². The summed E-state index contributed by atoms with van der Waals surface area (Å²) in [6, 6.07) is 7.69. The van der Waals surface area contributed by atoms with Crippen molar-refractivity contribution < 1.29 is 52.4 Å². The molecule has 16 heteroatoms. The van der Waals surface area contributed by atoms with Crippen LogP contribution in [0.1, 0.15) is 42.4 Å². The normalized spacial score (nSPS) is 24.2. The number of piperidine rings is 1. The van der Waals surface area contributed by atoms with Gasteiger partial charge in [-0.2, -0.15) is 26.3 Å². The molecule has 5 rings (SSSR count). The van der Waals surface area contributed by atoms with Gasteiger partial charge in [0, 0.05) is 31.1 Å². The predicted molar refractivity (Wildman–Crippen MR) is 144 cm³/mol. The lowest BCUT2D eigenvalue weighted by Gasteiger charge is -2.44. The molecule has 1 aliphatic carbocycles. The summed E-state index contributed by atoms with van der Waals surface area (Å²) in [5.41, 5.74) is -7.64. The van der Waals surface area contributed by atoms with E-state index in [2.05, 4.69) is 0 Å². The van der Waals surface area contributed by atoms with Crippen LogP contribution in [0.25, 0.3) is 0 Å². The number of nitrogens with zero attached hydrogens (tertiary/aromatic N) is 2. The van der Waals surface area contributed by atoms with Crippen molar-refractivity contribution in [2.24, 2.45) is 5.92 Å². The van der Waals surface area contributed by atoms with Gasteiger partial charge < -0.3 is 4.90 Å². The number of alkyl halides is 7. The molecular formula is C28H29F7N2O5S2. The number of likely N-dealkylation sites (tertiary alicyclic amines) is 1. The van der Waals surface area contributed by atoms with Crippen molar-refractivity contribution in [3.05, 3.63) is 65.2 Å². The third kappa shape index (κ3) is 4.91. The third-order valence-electron chi connectivity index (χ3n) is 9.15. The molecule has 2 atom stereocenters. The number of hydrogen-bond acceptors (Lipinski definition) is 5. The van der Waals surface area contributed by atoms with Gasteiger partial charge >= 0.3 is 18.0 Å². The highest BCUT2D eigenvalue weighted by Crippen LogP contribution is 2.57. The summed E-state index contributed by atoms with van der Waals surface area (Å²) in [6.45, 7) is 0.119. The average molecular weight is 671 g/mol. The molecule has 0 bridgehead atoms. The third-order valence-corrected chi connectivity index (χ3v) is 13.0. The van der Waals surface area contributed by atoms with E-state index in [0.29, 0.717) is 12.1 Å². The Morgan fingerprint density at radius 3 is 1.98 bits per heavy atom. The molecule has 0 spiro atoms. The highest BCUT2D eigenvalue weighted by atomic mass is 32.2. The van der Waals surface area contributed by atoms with Gasteiger partial charge in [-0.25, -0.2) is 25.5 Å². The van der Waals surface area contributed by atoms with Crippen molar-refractivity contribution >= 4 is 25.8 Å². The van der Waals surface area contributed by atoms with E-state index in [1.165, 1.54) is 33.5 Å². The number of fused-ring (bicyclic) bond motifs is 3. The minimum atomic E-state index is -6.34. The van der Waals surface area contributed by atoms with Crippen LogP contribution in [0.5, 0.6) is 0 Å². The standard InChI is InChI=1S/C28H29F7N2O5S2/c1-43(39,40)36-14-11-18(12-15-36)24(38)37-16-13-25(44(41,42)21-5-3-2-4-6-21)22-9-8-20(17-19(22)7-10-23(25)37)26(29,27(30,31)32)28(33,34)35/h2-6,8-9,17-18,23H,7,10-16H2,1H3/t23-,25-/m0/s1. The second-order valence-corrected chi connectivity index (χ2v) is 15.7. The Bertz CT molecular complexity index is 1640. The highest BCUT2D eigenvalue weighted by molar-refractivity contribution is 7.92. The van der Waals surface area contributed by atoms with Gasteiger partial charge in [0.1, 0.15) is 4.75 Å². The number of benzene rings is 2. The van der Waals surface area contributed by atoms with E-state index in [4.69, 9.17) is 0 Å². The van der Waals surface area contributed by atoms with Crippen LogP contribution in [0.2, 0.25) is 0 Å². The number of carbonyl (C=O) groups is 1. The largest absolute Gasteiger partial charge is 0.435 e. The van der Waals surface area contributed by atoms with Crippen LogP contribution in [0, 0.1) is 5.92 Å². The minimum absolute atomic E-state index is 0.0683. The Labute approximate surface area is 250 Å². The number of halogens is 7. The molecule has 7 nitrogen and oxygen atoms in total. The summed E-state index contributed by atoms with van der Waals surface area (Å²) in [7, 11) is -7.90. The predicted octanol–water partition coefficient (Wildman–Crippen LogP) is 4.86. The number of hydrogen-bond donors (Lipinski definition) is 0. The van der Waals surface area contributed by atoms with Crippen LogP contribution in [0.3, 0.4) is 0 Å². The molecule has 0 N–H and O–H groups in total. The van der Waals surface area contributed by atoms with Gasteiger partial charge in [0.25, 0.3) is 0 Å². The van der Waals surface area contributed by atoms with E-state index in [9.17, 15) is 52.4 Å². The summed E-state index contributed by atoms with van der Waals surface area (Å²) < 4.78 is 148. The summed E-state index contributed by atoms with van der Waals surface area (Å²) in [4.78, 5) is 15.1. The van der Waals surface area contributed by atoms with Crippen molar-refractivity contribution in [1.82, 2.24) is 9.21 Å². The number of carbonyl (C=O) groups excluding carboxylic acids is 1. The Hall–Kier alpha value is -2.72. The first-order valence-corrected chi connectivity index (χ1v) is 17.1. The maximum atomic E-state index is 15.0. The van der Waals surface area contributed by atoms with Crippen LogP contribution >= 0.6 is 0 Å². The molecule has 2 fully saturated rings. The lowest BCUT2D eigenvalue weighted by Crippen LogP contribution is -2.54. The molecule has 2 aromatic rings. The maximum Gasteiger partial charge on any atom is 0.435 e. The molecule has 2 heterocycles. The van der Waals surface area contributed by atoms with Gasteiger partial charge in [-0.15, -0.1) is 0 Å². The average Bonchev–Trinajstić information content (AvgIpc) is 3.36. The molecule has 0 saturated carbocycles. The molecule has 44 heavy (non-hydrogen) atoms. The summed E-state index contributed by atoms with van der Waals surface area (Å²) in [6.07, 6.45) is -11.8. The molecule has 242 valence electrons. The van der Waals surface area contributed by atoms with Gasteiger partial charge in [0.2, 0.25) is 15.9 Å². The van der Waals surface area contributed by atoms with Crippen molar-refractivity contribution in [2.75, 3.05) is 25.9 Å². The zero-order valence-corrected chi connectivity index (χ0v) is 25.0. The smallest absolute Gasteiger partial charge is 0.337 e. The summed E-state index contributed by atoms with van der Waals surface area (Å²) in [5, 5.41) is 0. The van der Waals surface area contributed by atoms with Crippen LogP contribution in [-0.4, -0.2) is 76.2 Å². The van der Waals surface area contributed by atoms with E-state index in [1.807, 2.05) is 0 Å². The van der Waals surface area contributed by atoms with Gasteiger partial charge in [-0.3, -0.25) is 4.79 Å². The van der Waals surface area contributed by atoms with E-state index in [1.54, 1.807) is 6.07 Å². The first-order chi connectivity index (χ1) is 20.3. The maximum absolute atomic E-state index is 15.0. The monoisotopic (exact) mass is 670 g/mol. The number of rotatable bonds is 5. The Balaban J connectivity index is 1.60. The van der Waals surface area contributed by atoms with Crippen LogP contribution in [0.4, 0.5) is 30.7 Å². The Morgan fingerprint density at radius 2 is 1.43 bits per heavy atom. The fraction of sp³-hybridized carbons (Fsp3) is 0.536. The number of amides is 1.